The van der Waals surface area contributed by atoms with E-state index < -0.39 is 0 Å². The minimum Gasteiger partial charge on any atom is -0.396 e. The molecule has 1 aliphatic carbocycles. The van der Waals surface area contributed by atoms with Gasteiger partial charge >= 0.3 is 0 Å². The molecule has 0 aromatic carbocycles. The van der Waals surface area contributed by atoms with Gasteiger partial charge in [0.15, 0.2) is 0 Å². The van der Waals surface area contributed by atoms with Crippen molar-refractivity contribution < 1.29 is 5.11 Å². The zero-order valence-electron chi connectivity index (χ0n) is 9.93. The Morgan fingerprint density at radius 1 is 1.21 bits per heavy atom. The summed E-state index contributed by atoms with van der Waals surface area (Å²) in [7, 11) is 6.28. The molecule has 0 bridgehead atoms. The average Bonchev–Trinajstić information content (AvgIpc) is 2.19. The van der Waals surface area contributed by atoms with Crippen LogP contribution in [0.15, 0.2) is 0 Å². The van der Waals surface area contributed by atoms with Crippen LogP contribution in [0.3, 0.4) is 0 Å². The first kappa shape index (κ1) is 12.0. The molecule has 3 heteroatoms. The molecule has 0 aliphatic heterocycles. The molecule has 0 radical (unpaired) electrons. The summed E-state index contributed by atoms with van der Waals surface area (Å²) in [4.78, 5) is 2.27. The summed E-state index contributed by atoms with van der Waals surface area (Å²) < 4.78 is 0. The SMILES string of the molecule is CNC1(N(C)C)CCC(C)(CO)CC1. The van der Waals surface area contributed by atoms with Gasteiger partial charge in [-0.3, -0.25) is 4.90 Å². The van der Waals surface area contributed by atoms with Crippen LogP contribution >= 0.6 is 0 Å². The molecule has 0 spiro atoms. The van der Waals surface area contributed by atoms with Gasteiger partial charge < -0.3 is 10.4 Å². The van der Waals surface area contributed by atoms with Gasteiger partial charge in [0.25, 0.3) is 0 Å². The number of nitrogens with zero attached hydrogens (tertiary/aromatic N) is 1. The van der Waals surface area contributed by atoms with Crippen LogP contribution in [0.1, 0.15) is 32.6 Å². The Balaban J connectivity index is 2.64. The van der Waals surface area contributed by atoms with Gasteiger partial charge in [0, 0.05) is 6.61 Å². The summed E-state index contributed by atoms with van der Waals surface area (Å²) >= 11 is 0. The molecule has 0 aromatic heterocycles. The number of hydrogen-bond donors (Lipinski definition) is 2. The molecule has 14 heavy (non-hydrogen) atoms. The van der Waals surface area contributed by atoms with Crippen LogP contribution in [0.5, 0.6) is 0 Å². The summed E-state index contributed by atoms with van der Waals surface area (Å²) in [6.07, 6.45) is 4.44. The van der Waals surface area contributed by atoms with Crippen molar-refractivity contribution in [3.8, 4) is 0 Å². The lowest BCUT2D eigenvalue weighted by Crippen LogP contribution is -2.57. The van der Waals surface area contributed by atoms with E-state index in [1.165, 1.54) is 0 Å². The molecule has 1 saturated carbocycles. The maximum atomic E-state index is 9.30. The van der Waals surface area contributed by atoms with Gasteiger partial charge in [-0.15, -0.1) is 0 Å². The fourth-order valence-corrected chi connectivity index (χ4v) is 2.35. The Morgan fingerprint density at radius 2 is 1.71 bits per heavy atom. The smallest absolute Gasteiger partial charge is 0.0705 e. The van der Waals surface area contributed by atoms with Crippen molar-refractivity contribution in [1.82, 2.24) is 10.2 Å². The maximum absolute atomic E-state index is 9.30. The number of aliphatic hydroxyl groups is 1. The lowest BCUT2D eigenvalue weighted by molar-refractivity contribution is 0.000517. The van der Waals surface area contributed by atoms with Gasteiger partial charge in [0.05, 0.1) is 5.66 Å². The average molecular weight is 200 g/mol. The van der Waals surface area contributed by atoms with Crippen LogP contribution in [0.2, 0.25) is 0 Å². The topological polar surface area (TPSA) is 35.5 Å². The second-order valence-corrected chi connectivity index (χ2v) is 5.14. The predicted molar refractivity (Wildman–Crippen MR) is 59.1 cm³/mol. The molecule has 1 aliphatic rings. The lowest BCUT2D eigenvalue weighted by Gasteiger charge is -2.48. The zero-order valence-corrected chi connectivity index (χ0v) is 9.93. The molecule has 0 atom stereocenters. The first-order valence-corrected chi connectivity index (χ1v) is 5.45. The van der Waals surface area contributed by atoms with Crippen molar-refractivity contribution in [3.05, 3.63) is 0 Å². The van der Waals surface area contributed by atoms with Crippen LogP contribution in [0, 0.1) is 5.41 Å². The normalized spacial score (nSPS) is 39.0. The molecule has 3 nitrogen and oxygen atoms in total. The highest BCUT2D eigenvalue weighted by Crippen LogP contribution is 2.40. The van der Waals surface area contributed by atoms with Crippen LogP contribution in [-0.4, -0.2) is 43.4 Å². The fourth-order valence-electron chi connectivity index (χ4n) is 2.35. The van der Waals surface area contributed by atoms with Gasteiger partial charge in [0.2, 0.25) is 0 Å². The van der Waals surface area contributed by atoms with E-state index in [0.29, 0.717) is 6.61 Å². The molecule has 84 valence electrons. The lowest BCUT2D eigenvalue weighted by atomic mass is 9.71. The molecule has 1 rings (SSSR count). The van der Waals surface area contributed by atoms with Crippen LogP contribution < -0.4 is 5.32 Å². The third kappa shape index (κ3) is 2.10. The third-order valence-electron chi connectivity index (χ3n) is 3.99. The van der Waals surface area contributed by atoms with E-state index in [0.717, 1.165) is 25.7 Å². The van der Waals surface area contributed by atoms with Gasteiger partial charge in [-0.25, -0.2) is 0 Å². The summed E-state index contributed by atoms with van der Waals surface area (Å²) in [6.45, 7) is 2.50. The first-order chi connectivity index (χ1) is 6.48. The molecule has 1 fully saturated rings. The number of hydrogen-bond acceptors (Lipinski definition) is 3. The van der Waals surface area contributed by atoms with Crippen LogP contribution in [0.4, 0.5) is 0 Å². The minimum absolute atomic E-state index is 0.147. The van der Waals surface area contributed by atoms with Crippen molar-refractivity contribution in [3.63, 3.8) is 0 Å². The highest BCUT2D eigenvalue weighted by Gasteiger charge is 2.40. The highest BCUT2D eigenvalue weighted by atomic mass is 16.3. The van der Waals surface area contributed by atoms with Gasteiger partial charge in [-0.05, 0) is 52.2 Å². The molecule has 0 amide bonds. The Morgan fingerprint density at radius 3 is 2.00 bits per heavy atom. The Labute approximate surface area is 87.5 Å². The van der Waals surface area contributed by atoms with Crippen LogP contribution in [0.25, 0.3) is 0 Å². The minimum atomic E-state index is 0.147. The molecule has 0 heterocycles. The second-order valence-electron chi connectivity index (χ2n) is 5.14. The second kappa shape index (κ2) is 4.17. The molecule has 0 saturated heterocycles. The van der Waals surface area contributed by atoms with Crippen molar-refractivity contribution >= 4 is 0 Å². The summed E-state index contributed by atoms with van der Waals surface area (Å²) in [5.41, 5.74) is 0.297. The van der Waals surface area contributed by atoms with E-state index in [9.17, 15) is 5.11 Å². The molecule has 0 unspecified atom stereocenters. The van der Waals surface area contributed by atoms with Gasteiger partial charge in [-0.2, -0.15) is 0 Å². The van der Waals surface area contributed by atoms with E-state index >= 15 is 0 Å². The van der Waals surface area contributed by atoms with Crippen molar-refractivity contribution in [2.75, 3.05) is 27.7 Å². The van der Waals surface area contributed by atoms with E-state index in [2.05, 4.69) is 31.2 Å². The maximum Gasteiger partial charge on any atom is 0.0705 e. The van der Waals surface area contributed by atoms with Gasteiger partial charge in [0.1, 0.15) is 0 Å². The molecular weight excluding hydrogens is 176 g/mol. The molecular formula is C11H24N2O. The first-order valence-electron chi connectivity index (χ1n) is 5.45. The number of rotatable bonds is 3. The largest absolute Gasteiger partial charge is 0.396 e. The standard InChI is InChI=1S/C11H24N2O/c1-10(9-14)5-7-11(12-2,8-6-10)13(3)4/h12,14H,5-9H2,1-4H3. The number of nitrogens with one attached hydrogen (secondary N) is 1. The monoisotopic (exact) mass is 200 g/mol. The third-order valence-corrected chi connectivity index (χ3v) is 3.99. The highest BCUT2D eigenvalue weighted by molar-refractivity contribution is 4.93. The summed E-state index contributed by atoms with van der Waals surface area (Å²) in [6, 6.07) is 0. The fraction of sp³-hybridized carbons (Fsp3) is 1.00. The summed E-state index contributed by atoms with van der Waals surface area (Å²) in [5, 5.41) is 12.7. The molecule has 2 N–H and O–H groups in total. The predicted octanol–water partition coefficient (Wildman–Crippen LogP) is 1.04. The Bertz CT molecular complexity index is 184. The quantitative estimate of drug-likeness (QED) is 0.668. The zero-order chi connectivity index (χ0) is 10.8. The van der Waals surface area contributed by atoms with Crippen molar-refractivity contribution in [2.24, 2.45) is 5.41 Å². The van der Waals surface area contributed by atoms with E-state index in [1.807, 2.05) is 7.05 Å². The van der Waals surface area contributed by atoms with E-state index in [1.54, 1.807) is 0 Å². The Hall–Kier alpha value is -0.120. The van der Waals surface area contributed by atoms with E-state index in [4.69, 9.17) is 0 Å². The van der Waals surface area contributed by atoms with Crippen molar-refractivity contribution in [2.45, 2.75) is 38.3 Å². The summed E-state index contributed by atoms with van der Waals surface area (Å²) in [5.74, 6) is 0. The molecule has 0 aromatic rings. The van der Waals surface area contributed by atoms with E-state index in [-0.39, 0.29) is 11.1 Å². The Kier molecular flexibility index (Phi) is 3.56. The van der Waals surface area contributed by atoms with Crippen LogP contribution in [-0.2, 0) is 0 Å². The number of aliphatic hydroxyl groups excluding tert-OH is 1. The van der Waals surface area contributed by atoms with Gasteiger partial charge in [-0.1, -0.05) is 6.92 Å². The van der Waals surface area contributed by atoms with Crippen molar-refractivity contribution in [1.29, 1.82) is 0 Å².